The van der Waals surface area contributed by atoms with Crippen LogP contribution in [0, 0.1) is 0 Å². The SMILES string of the molecule is CCN1C(=O)N2Cc3cc(OC)cc(OC)c3[C@@H](C)C=C2C12CCN(C(=O)NC1=CCCC(OC)=C1)CC2. The maximum atomic E-state index is 13.8. The summed E-state index contributed by atoms with van der Waals surface area (Å²) in [5.74, 6) is 2.40. The van der Waals surface area contributed by atoms with Gasteiger partial charge in [-0.25, -0.2) is 9.59 Å². The number of carbonyl (C=O) groups is 2. The van der Waals surface area contributed by atoms with E-state index in [1.807, 2.05) is 45.9 Å². The molecule has 0 saturated carbocycles. The van der Waals surface area contributed by atoms with Crippen molar-refractivity contribution >= 4 is 12.1 Å². The molecule has 204 valence electrons. The molecule has 1 aromatic carbocycles. The average molecular weight is 523 g/mol. The highest BCUT2D eigenvalue weighted by molar-refractivity contribution is 5.83. The second-order valence-corrected chi connectivity index (χ2v) is 10.3. The molecule has 1 spiro atoms. The van der Waals surface area contributed by atoms with Crippen molar-refractivity contribution in [2.24, 2.45) is 0 Å². The van der Waals surface area contributed by atoms with Gasteiger partial charge in [0.25, 0.3) is 0 Å². The number of likely N-dealkylation sites (tertiary alicyclic amines) is 1. The van der Waals surface area contributed by atoms with Crippen LogP contribution in [0.1, 0.15) is 56.6 Å². The monoisotopic (exact) mass is 522 g/mol. The Hall–Kier alpha value is -3.62. The highest BCUT2D eigenvalue weighted by Gasteiger charge is 2.55. The number of urea groups is 2. The first-order chi connectivity index (χ1) is 18.3. The van der Waals surface area contributed by atoms with Gasteiger partial charge in [-0.2, -0.15) is 0 Å². The molecule has 0 radical (unpaired) electrons. The Morgan fingerprint density at radius 2 is 1.89 bits per heavy atom. The van der Waals surface area contributed by atoms with Gasteiger partial charge in [-0.15, -0.1) is 0 Å². The lowest BCUT2D eigenvalue weighted by Crippen LogP contribution is -2.56. The van der Waals surface area contributed by atoms with E-state index in [-0.39, 0.29) is 18.0 Å². The summed E-state index contributed by atoms with van der Waals surface area (Å²) < 4.78 is 16.6. The minimum atomic E-state index is -0.441. The van der Waals surface area contributed by atoms with Gasteiger partial charge in [-0.05, 0) is 43.9 Å². The van der Waals surface area contributed by atoms with Crippen molar-refractivity contribution in [3.05, 3.63) is 58.6 Å². The standard InChI is InChI=1S/C29H38N4O5/c1-6-33-28(35)32-18-20-15-23(37-4)17-24(38-5)26(20)19(2)14-25(32)29(33)10-12-31(13-11-29)27(34)30-21-8-7-9-22(16-21)36-3/h8,14-17,19H,6-7,9-13,18H2,1-5H3,(H,30,34)/t19-/m0/s1. The summed E-state index contributed by atoms with van der Waals surface area (Å²) in [4.78, 5) is 32.7. The zero-order valence-electron chi connectivity index (χ0n) is 23.0. The normalized spacial score (nSPS) is 22.1. The van der Waals surface area contributed by atoms with Crippen molar-refractivity contribution in [2.45, 2.75) is 57.5 Å². The molecule has 9 nitrogen and oxygen atoms in total. The van der Waals surface area contributed by atoms with Crippen LogP contribution in [0.25, 0.3) is 0 Å². The topological polar surface area (TPSA) is 83.6 Å². The molecule has 1 aliphatic carbocycles. The van der Waals surface area contributed by atoms with Gasteiger partial charge in [0.1, 0.15) is 11.5 Å². The summed E-state index contributed by atoms with van der Waals surface area (Å²) in [6, 6.07) is 3.82. The van der Waals surface area contributed by atoms with E-state index in [0.29, 0.717) is 44.8 Å². The molecule has 38 heavy (non-hydrogen) atoms. The van der Waals surface area contributed by atoms with Crippen LogP contribution in [0.2, 0.25) is 0 Å². The second-order valence-electron chi connectivity index (χ2n) is 10.3. The fourth-order valence-corrected chi connectivity index (χ4v) is 6.47. The zero-order valence-corrected chi connectivity index (χ0v) is 23.0. The average Bonchev–Trinajstić information content (AvgIpc) is 3.03. The minimum absolute atomic E-state index is 0.0167. The fraction of sp³-hybridized carbons (Fsp3) is 0.517. The number of fused-ring (bicyclic) bond motifs is 3. The number of methoxy groups -OCH3 is 3. The van der Waals surface area contributed by atoms with Crippen LogP contribution in [0.5, 0.6) is 11.5 Å². The number of rotatable bonds is 5. The first kappa shape index (κ1) is 26.0. The predicted molar refractivity (Wildman–Crippen MR) is 144 cm³/mol. The van der Waals surface area contributed by atoms with Gasteiger partial charge in [-0.3, -0.25) is 4.90 Å². The minimum Gasteiger partial charge on any atom is -0.501 e. The number of nitrogens with zero attached hydrogens (tertiary/aromatic N) is 3. The Morgan fingerprint density at radius 1 is 1.13 bits per heavy atom. The van der Waals surface area contributed by atoms with Crippen LogP contribution in [-0.4, -0.2) is 73.3 Å². The third-order valence-corrected chi connectivity index (χ3v) is 8.37. The molecule has 1 N–H and O–H groups in total. The Bertz CT molecular complexity index is 1210. The third-order valence-electron chi connectivity index (χ3n) is 8.37. The number of hydrogen-bond donors (Lipinski definition) is 1. The number of nitrogens with one attached hydrogen (secondary N) is 1. The summed E-state index contributed by atoms with van der Waals surface area (Å²) in [6.07, 6.45) is 9.19. The molecule has 0 unspecified atom stereocenters. The lowest BCUT2D eigenvalue weighted by atomic mass is 9.82. The molecule has 4 aliphatic rings. The lowest BCUT2D eigenvalue weighted by molar-refractivity contribution is 0.103. The molecule has 1 aromatic rings. The van der Waals surface area contributed by atoms with Crippen LogP contribution >= 0.6 is 0 Å². The first-order valence-corrected chi connectivity index (χ1v) is 13.4. The number of allylic oxidation sites excluding steroid dienone is 4. The van der Waals surface area contributed by atoms with E-state index in [9.17, 15) is 9.59 Å². The number of benzene rings is 1. The summed E-state index contributed by atoms with van der Waals surface area (Å²) in [6.45, 7) is 6.38. The molecule has 3 heterocycles. The van der Waals surface area contributed by atoms with E-state index in [1.165, 1.54) is 0 Å². The number of piperidine rings is 1. The van der Waals surface area contributed by atoms with E-state index in [4.69, 9.17) is 14.2 Å². The van der Waals surface area contributed by atoms with E-state index in [2.05, 4.69) is 18.3 Å². The molecule has 5 rings (SSSR count). The second kappa shape index (κ2) is 10.3. The Balaban J connectivity index is 1.40. The first-order valence-electron chi connectivity index (χ1n) is 13.4. The lowest BCUT2D eigenvalue weighted by Gasteiger charge is -2.44. The zero-order chi connectivity index (χ0) is 27.0. The van der Waals surface area contributed by atoms with Crippen molar-refractivity contribution < 1.29 is 23.8 Å². The van der Waals surface area contributed by atoms with Gasteiger partial charge in [0, 0.05) is 55.0 Å². The van der Waals surface area contributed by atoms with E-state index < -0.39 is 5.54 Å². The van der Waals surface area contributed by atoms with Gasteiger partial charge in [0.15, 0.2) is 0 Å². The van der Waals surface area contributed by atoms with E-state index >= 15 is 0 Å². The van der Waals surface area contributed by atoms with Crippen LogP contribution in [0.4, 0.5) is 9.59 Å². The van der Waals surface area contributed by atoms with Crippen LogP contribution < -0.4 is 14.8 Å². The molecule has 2 fully saturated rings. The van der Waals surface area contributed by atoms with E-state index in [1.54, 1.807) is 21.3 Å². The van der Waals surface area contributed by atoms with Crippen molar-refractivity contribution in [1.29, 1.82) is 0 Å². The van der Waals surface area contributed by atoms with Crippen LogP contribution in [-0.2, 0) is 11.3 Å². The maximum absolute atomic E-state index is 13.8. The summed E-state index contributed by atoms with van der Waals surface area (Å²) in [5.41, 5.74) is 3.49. The molecule has 1 atom stereocenters. The van der Waals surface area contributed by atoms with Gasteiger partial charge in [-0.1, -0.05) is 19.1 Å². The van der Waals surface area contributed by atoms with Crippen molar-refractivity contribution in [2.75, 3.05) is 41.0 Å². The molecule has 3 aliphatic heterocycles. The smallest absolute Gasteiger partial charge is 0.325 e. The number of amides is 4. The van der Waals surface area contributed by atoms with Crippen molar-refractivity contribution in [3.63, 3.8) is 0 Å². The number of carbonyl (C=O) groups excluding carboxylic acids is 2. The number of likely N-dealkylation sites (N-methyl/N-ethyl adjacent to an activating group) is 1. The Labute approximate surface area is 224 Å². The number of ether oxygens (including phenoxy) is 3. The van der Waals surface area contributed by atoms with E-state index in [0.717, 1.165) is 46.9 Å². The predicted octanol–water partition coefficient (Wildman–Crippen LogP) is 4.71. The Kier molecular flexibility index (Phi) is 7.03. The number of hydrogen-bond acceptors (Lipinski definition) is 5. The maximum Gasteiger partial charge on any atom is 0.325 e. The fourth-order valence-electron chi connectivity index (χ4n) is 6.47. The molecule has 9 heteroatoms. The van der Waals surface area contributed by atoms with Crippen LogP contribution in [0.3, 0.4) is 0 Å². The summed E-state index contributed by atoms with van der Waals surface area (Å²) in [7, 11) is 4.96. The highest BCUT2D eigenvalue weighted by atomic mass is 16.5. The van der Waals surface area contributed by atoms with Crippen LogP contribution in [0.15, 0.2) is 47.5 Å². The highest BCUT2D eigenvalue weighted by Crippen LogP contribution is 2.49. The molecule has 0 aromatic heterocycles. The quantitative estimate of drug-likeness (QED) is 0.605. The van der Waals surface area contributed by atoms with Gasteiger partial charge >= 0.3 is 12.1 Å². The molecule has 2 saturated heterocycles. The largest absolute Gasteiger partial charge is 0.501 e. The Morgan fingerprint density at radius 3 is 2.55 bits per heavy atom. The van der Waals surface area contributed by atoms with Crippen molar-refractivity contribution in [3.8, 4) is 11.5 Å². The van der Waals surface area contributed by atoms with Crippen molar-refractivity contribution in [1.82, 2.24) is 20.0 Å². The molecular formula is C29H38N4O5. The van der Waals surface area contributed by atoms with Gasteiger partial charge in [0.2, 0.25) is 0 Å². The molecule has 4 amide bonds. The van der Waals surface area contributed by atoms with Gasteiger partial charge < -0.3 is 29.3 Å². The molecular weight excluding hydrogens is 484 g/mol. The summed E-state index contributed by atoms with van der Waals surface area (Å²) >= 11 is 0. The van der Waals surface area contributed by atoms with Gasteiger partial charge in [0.05, 0.1) is 39.2 Å². The summed E-state index contributed by atoms with van der Waals surface area (Å²) in [5, 5.41) is 3.03. The molecule has 0 bridgehead atoms. The third kappa shape index (κ3) is 4.27.